The first-order valence-corrected chi connectivity index (χ1v) is 5.83. The molecule has 2 rings (SSSR count). The summed E-state index contributed by atoms with van der Waals surface area (Å²) in [5, 5.41) is 13.7. The second kappa shape index (κ2) is 4.18. The zero-order valence-electron chi connectivity index (χ0n) is 10.3. The predicted octanol–water partition coefficient (Wildman–Crippen LogP) is 1.29. The van der Waals surface area contributed by atoms with Crippen molar-refractivity contribution in [3.63, 3.8) is 0 Å². The van der Waals surface area contributed by atoms with Gasteiger partial charge >= 0.3 is 0 Å². The first-order chi connectivity index (χ1) is 7.64. The lowest BCUT2D eigenvalue weighted by Crippen LogP contribution is -2.37. The van der Waals surface area contributed by atoms with E-state index in [-0.39, 0.29) is 12.2 Å². The molecule has 0 saturated heterocycles. The first-order valence-electron chi connectivity index (χ1n) is 5.83. The molecule has 90 valence electrons. The van der Waals surface area contributed by atoms with Crippen LogP contribution < -0.4 is 0 Å². The van der Waals surface area contributed by atoms with Crippen molar-refractivity contribution >= 4 is 0 Å². The molecule has 4 heteroatoms. The molecule has 1 aromatic heterocycles. The Balaban J connectivity index is 2.42. The second-order valence-electron chi connectivity index (χ2n) is 4.56. The van der Waals surface area contributed by atoms with Crippen molar-refractivity contribution in [3.05, 3.63) is 17.0 Å². The molecule has 0 aromatic carbocycles. The fourth-order valence-electron chi connectivity index (χ4n) is 2.46. The highest BCUT2D eigenvalue weighted by Crippen LogP contribution is 2.45. The topological polar surface area (TPSA) is 47.3 Å². The maximum absolute atomic E-state index is 9.13. The zero-order chi connectivity index (χ0) is 11.8. The molecule has 0 amide bonds. The number of hydrogen-bond donors (Lipinski definition) is 1. The lowest BCUT2D eigenvalue weighted by Gasteiger charge is -2.39. The lowest BCUT2D eigenvalue weighted by molar-refractivity contribution is -0.0821. The van der Waals surface area contributed by atoms with Gasteiger partial charge in [-0.15, -0.1) is 0 Å². The quantitative estimate of drug-likeness (QED) is 0.838. The fraction of sp³-hybridized carbons (Fsp3) is 0.750. The van der Waals surface area contributed by atoms with E-state index in [0.717, 1.165) is 29.8 Å². The molecule has 0 spiro atoms. The number of rotatable bonds is 4. The molecule has 0 unspecified atom stereocenters. The molecule has 0 bridgehead atoms. The third-order valence-corrected chi connectivity index (χ3v) is 3.80. The largest absolute Gasteiger partial charge is 0.396 e. The van der Waals surface area contributed by atoms with Gasteiger partial charge in [-0.3, -0.25) is 4.68 Å². The molecule has 1 heterocycles. The van der Waals surface area contributed by atoms with Gasteiger partial charge in [-0.2, -0.15) is 5.10 Å². The molecule has 0 atom stereocenters. The SMILES string of the molecule is COC1(c2nn(C)c(C)c2CCO)CCC1. The number of aliphatic hydroxyl groups is 1. The maximum atomic E-state index is 9.13. The number of hydrogen-bond acceptors (Lipinski definition) is 3. The van der Waals surface area contributed by atoms with E-state index >= 15 is 0 Å². The smallest absolute Gasteiger partial charge is 0.112 e. The van der Waals surface area contributed by atoms with Crippen molar-refractivity contribution in [2.45, 2.75) is 38.2 Å². The highest BCUT2D eigenvalue weighted by Gasteiger charge is 2.43. The lowest BCUT2D eigenvalue weighted by atomic mass is 9.76. The van der Waals surface area contributed by atoms with Crippen LogP contribution in [0, 0.1) is 6.92 Å². The average molecular weight is 224 g/mol. The molecular formula is C12H20N2O2. The molecular weight excluding hydrogens is 204 g/mol. The Morgan fingerprint density at radius 1 is 1.50 bits per heavy atom. The van der Waals surface area contributed by atoms with E-state index in [1.165, 1.54) is 6.42 Å². The van der Waals surface area contributed by atoms with Crippen molar-refractivity contribution in [2.24, 2.45) is 7.05 Å². The highest BCUT2D eigenvalue weighted by molar-refractivity contribution is 5.32. The molecule has 1 aliphatic rings. The Kier molecular flexibility index (Phi) is 3.04. The average Bonchev–Trinajstić information content (AvgIpc) is 2.47. The van der Waals surface area contributed by atoms with Crippen LogP contribution in [-0.2, 0) is 23.8 Å². The van der Waals surface area contributed by atoms with Crippen LogP contribution in [0.5, 0.6) is 0 Å². The highest BCUT2D eigenvalue weighted by atomic mass is 16.5. The summed E-state index contributed by atoms with van der Waals surface area (Å²) in [6, 6.07) is 0. The first kappa shape index (κ1) is 11.6. The number of aryl methyl sites for hydroxylation is 1. The number of ether oxygens (including phenoxy) is 1. The second-order valence-corrected chi connectivity index (χ2v) is 4.56. The van der Waals surface area contributed by atoms with Crippen LogP contribution in [0.25, 0.3) is 0 Å². The van der Waals surface area contributed by atoms with E-state index in [4.69, 9.17) is 9.84 Å². The zero-order valence-corrected chi connectivity index (χ0v) is 10.3. The number of aromatic nitrogens is 2. The number of nitrogens with zero attached hydrogens (tertiary/aromatic N) is 2. The summed E-state index contributed by atoms with van der Waals surface area (Å²) >= 11 is 0. The van der Waals surface area contributed by atoms with Crippen molar-refractivity contribution in [3.8, 4) is 0 Å². The van der Waals surface area contributed by atoms with Crippen LogP contribution >= 0.6 is 0 Å². The molecule has 1 saturated carbocycles. The maximum Gasteiger partial charge on any atom is 0.112 e. The normalized spacial score (nSPS) is 18.5. The Hall–Kier alpha value is -0.870. The molecule has 16 heavy (non-hydrogen) atoms. The molecule has 0 radical (unpaired) electrons. The van der Waals surface area contributed by atoms with Crippen molar-refractivity contribution in [1.29, 1.82) is 0 Å². The van der Waals surface area contributed by atoms with Gasteiger partial charge in [0.15, 0.2) is 0 Å². The molecule has 4 nitrogen and oxygen atoms in total. The number of methoxy groups -OCH3 is 1. The van der Waals surface area contributed by atoms with E-state index < -0.39 is 0 Å². The molecule has 1 aromatic rings. The summed E-state index contributed by atoms with van der Waals surface area (Å²) in [6.07, 6.45) is 3.94. The van der Waals surface area contributed by atoms with Gasteiger partial charge in [0, 0.05) is 32.0 Å². The Morgan fingerprint density at radius 3 is 2.62 bits per heavy atom. The summed E-state index contributed by atoms with van der Waals surface area (Å²) in [5.41, 5.74) is 3.14. The summed E-state index contributed by atoms with van der Waals surface area (Å²) in [5.74, 6) is 0. The predicted molar refractivity (Wildman–Crippen MR) is 61.3 cm³/mol. The van der Waals surface area contributed by atoms with Gasteiger partial charge in [0.05, 0.1) is 5.69 Å². The van der Waals surface area contributed by atoms with Crippen LogP contribution in [0.1, 0.15) is 36.2 Å². The van der Waals surface area contributed by atoms with E-state index in [1.807, 2.05) is 18.7 Å². The van der Waals surface area contributed by atoms with E-state index in [9.17, 15) is 0 Å². The van der Waals surface area contributed by atoms with Gasteiger partial charge in [0.1, 0.15) is 5.60 Å². The van der Waals surface area contributed by atoms with Crippen LogP contribution in [-0.4, -0.2) is 28.6 Å². The van der Waals surface area contributed by atoms with Crippen molar-refractivity contribution < 1.29 is 9.84 Å². The van der Waals surface area contributed by atoms with E-state index in [2.05, 4.69) is 5.10 Å². The van der Waals surface area contributed by atoms with Gasteiger partial charge in [0.2, 0.25) is 0 Å². The fourth-order valence-corrected chi connectivity index (χ4v) is 2.46. The third kappa shape index (κ3) is 1.57. The minimum Gasteiger partial charge on any atom is -0.396 e. The molecule has 1 fully saturated rings. The van der Waals surface area contributed by atoms with Crippen LogP contribution in [0.15, 0.2) is 0 Å². The third-order valence-electron chi connectivity index (χ3n) is 3.80. The van der Waals surface area contributed by atoms with Crippen molar-refractivity contribution in [1.82, 2.24) is 9.78 Å². The monoisotopic (exact) mass is 224 g/mol. The van der Waals surface area contributed by atoms with Gasteiger partial charge in [-0.1, -0.05) is 0 Å². The van der Waals surface area contributed by atoms with Crippen LogP contribution in [0.2, 0.25) is 0 Å². The van der Waals surface area contributed by atoms with Gasteiger partial charge in [-0.25, -0.2) is 0 Å². The Labute approximate surface area is 96.2 Å². The van der Waals surface area contributed by atoms with Gasteiger partial charge < -0.3 is 9.84 Å². The van der Waals surface area contributed by atoms with Crippen molar-refractivity contribution in [2.75, 3.05) is 13.7 Å². The molecule has 1 N–H and O–H groups in total. The summed E-state index contributed by atoms with van der Waals surface area (Å²) < 4.78 is 7.55. The molecule has 1 aliphatic carbocycles. The van der Waals surface area contributed by atoms with E-state index in [0.29, 0.717) is 6.42 Å². The van der Waals surface area contributed by atoms with Crippen LogP contribution in [0.3, 0.4) is 0 Å². The van der Waals surface area contributed by atoms with E-state index in [1.54, 1.807) is 7.11 Å². The van der Waals surface area contributed by atoms with Crippen LogP contribution in [0.4, 0.5) is 0 Å². The summed E-state index contributed by atoms with van der Waals surface area (Å²) in [6.45, 7) is 2.21. The summed E-state index contributed by atoms with van der Waals surface area (Å²) in [7, 11) is 3.70. The minimum absolute atomic E-state index is 0.166. The molecule has 0 aliphatic heterocycles. The number of aliphatic hydroxyl groups excluding tert-OH is 1. The standard InChI is InChI=1S/C12H20N2O2/c1-9-10(5-8-15)11(13-14(9)2)12(16-3)6-4-7-12/h15H,4-8H2,1-3H3. The Morgan fingerprint density at radius 2 is 2.19 bits per heavy atom. The summed E-state index contributed by atoms with van der Waals surface area (Å²) in [4.78, 5) is 0. The van der Waals surface area contributed by atoms with Gasteiger partial charge in [0.25, 0.3) is 0 Å². The van der Waals surface area contributed by atoms with Gasteiger partial charge in [-0.05, 0) is 32.6 Å². The Bertz CT molecular complexity index is 375. The minimum atomic E-state index is -0.184.